The van der Waals surface area contributed by atoms with E-state index in [1.54, 1.807) is 17.4 Å². The van der Waals surface area contributed by atoms with Crippen molar-refractivity contribution in [2.45, 2.75) is 13.5 Å². The zero-order valence-corrected chi connectivity index (χ0v) is 11.2. The minimum atomic E-state index is -0.224. The van der Waals surface area contributed by atoms with E-state index in [2.05, 4.69) is 32.7 Å². The van der Waals surface area contributed by atoms with Gasteiger partial charge in [0.1, 0.15) is 5.82 Å². The first-order valence-corrected chi connectivity index (χ1v) is 6.61. The number of nitrogens with one attached hydrogen (secondary N) is 1. The lowest BCUT2D eigenvalue weighted by Crippen LogP contribution is -2.00. The maximum atomic E-state index is 13.2. The van der Waals surface area contributed by atoms with Gasteiger partial charge in [-0.1, -0.05) is 0 Å². The van der Waals surface area contributed by atoms with Crippen molar-refractivity contribution >= 4 is 33.0 Å². The van der Waals surface area contributed by atoms with Crippen molar-refractivity contribution in [2.75, 3.05) is 5.32 Å². The van der Waals surface area contributed by atoms with Crippen molar-refractivity contribution in [2.24, 2.45) is 0 Å². The summed E-state index contributed by atoms with van der Waals surface area (Å²) in [6, 6.07) is 5.38. The average molecular weight is 300 g/mol. The lowest BCUT2D eigenvalue weighted by Gasteiger charge is -2.09. The Balaban J connectivity index is 2.12. The van der Waals surface area contributed by atoms with E-state index in [1.807, 2.05) is 12.3 Å². The van der Waals surface area contributed by atoms with Crippen LogP contribution in [0.3, 0.4) is 0 Å². The van der Waals surface area contributed by atoms with Crippen LogP contribution in [0.2, 0.25) is 0 Å². The Labute approximate surface area is 106 Å². The molecule has 0 bridgehead atoms. The second-order valence-electron chi connectivity index (χ2n) is 3.57. The summed E-state index contributed by atoms with van der Waals surface area (Å²) in [5.41, 5.74) is 3.11. The molecule has 1 aromatic heterocycles. The molecular weight excluding hydrogens is 289 g/mol. The van der Waals surface area contributed by atoms with E-state index in [0.717, 1.165) is 17.8 Å². The molecule has 0 saturated carbocycles. The van der Waals surface area contributed by atoms with Crippen molar-refractivity contribution in [3.63, 3.8) is 0 Å². The maximum absolute atomic E-state index is 13.2. The van der Waals surface area contributed by atoms with E-state index in [9.17, 15) is 4.39 Å². The van der Waals surface area contributed by atoms with E-state index in [0.29, 0.717) is 4.47 Å². The number of halogens is 2. The number of benzene rings is 1. The van der Waals surface area contributed by atoms with Crippen LogP contribution < -0.4 is 5.32 Å². The van der Waals surface area contributed by atoms with Crippen molar-refractivity contribution in [1.82, 2.24) is 0 Å². The van der Waals surface area contributed by atoms with Gasteiger partial charge in [0.15, 0.2) is 0 Å². The van der Waals surface area contributed by atoms with E-state index < -0.39 is 0 Å². The van der Waals surface area contributed by atoms with E-state index >= 15 is 0 Å². The largest absolute Gasteiger partial charge is 0.381 e. The average Bonchev–Trinajstić information content (AvgIpc) is 2.74. The minimum absolute atomic E-state index is 0.224. The van der Waals surface area contributed by atoms with E-state index in [-0.39, 0.29) is 5.82 Å². The van der Waals surface area contributed by atoms with Crippen molar-refractivity contribution in [3.05, 3.63) is 50.4 Å². The monoisotopic (exact) mass is 299 g/mol. The molecule has 0 fully saturated rings. The quantitative estimate of drug-likeness (QED) is 0.875. The molecule has 16 heavy (non-hydrogen) atoms. The van der Waals surface area contributed by atoms with Crippen LogP contribution in [0.15, 0.2) is 33.4 Å². The van der Waals surface area contributed by atoms with Gasteiger partial charge in [-0.15, -0.1) is 0 Å². The van der Waals surface area contributed by atoms with Crippen molar-refractivity contribution in [3.8, 4) is 0 Å². The van der Waals surface area contributed by atoms with Gasteiger partial charge < -0.3 is 5.32 Å². The van der Waals surface area contributed by atoms with Crippen LogP contribution >= 0.6 is 27.3 Å². The maximum Gasteiger partial charge on any atom is 0.137 e. The molecular formula is C12H11BrFNS. The zero-order chi connectivity index (χ0) is 11.5. The van der Waals surface area contributed by atoms with Gasteiger partial charge in [0, 0.05) is 12.2 Å². The molecule has 1 heterocycles. The lowest BCUT2D eigenvalue weighted by molar-refractivity contribution is 0.620. The fourth-order valence-electron chi connectivity index (χ4n) is 1.43. The number of hydrogen-bond acceptors (Lipinski definition) is 2. The number of rotatable bonds is 3. The fraction of sp³-hybridized carbons (Fsp3) is 0.167. The third kappa shape index (κ3) is 2.62. The molecule has 0 aliphatic carbocycles. The summed E-state index contributed by atoms with van der Waals surface area (Å²) in [6.45, 7) is 2.66. The van der Waals surface area contributed by atoms with Crippen LogP contribution in [-0.4, -0.2) is 0 Å². The zero-order valence-electron chi connectivity index (χ0n) is 8.76. The fourth-order valence-corrected chi connectivity index (χ4v) is 2.44. The summed E-state index contributed by atoms with van der Waals surface area (Å²) < 4.78 is 13.7. The molecule has 1 nitrogen and oxygen atoms in total. The molecule has 1 aromatic carbocycles. The summed E-state index contributed by atoms with van der Waals surface area (Å²) >= 11 is 4.86. The molecule has 4 heteroatoms. The summed E-state index contributed by atoms with van der Waals surface area (Å²) in [6.07, 6.45) is 0. The van der Waals surface area contributed by atoms with Crippen LogP contribution in [0.5, 0.6) is 0 Å². The van der Waals surface area contributed by atoms with E-state index in [1.165, 1.54) is 11.6 Å². The standard InChI is InChI=1S/C12H11BrFNS/c1-8-4-11(14)10(13)5-12(8)15-6-9-2-3-16-7-9/h2-5,7,15H,6H2,1H3. The molecule has 0 aliphatic heterocycles. The summed E-state index contributed by atoms with van der Waals surface area (Å²) in [4.78, 5) is 0. The number of hydrogen-bond donors (Lipinski definition) is 1. The number of anilines is 1. The summed E-state index contributed by atoms with van der Waals surface area (Å²) in [5.74, 6) is -0.224. The van der Waals surface area contributed by atoms with Gasteiger partial charge in [-0.05, 0) is 62.9 Å². The van der Waals surface area contributed by atoms with Gasteiger partial charge in [-0.2, -0.15) is 11.3 Å². The molecule has 0 spiro atoms. The Bertz CT molecular complexity index is 482. The Kier molecular flexibility index (Phi) is 3.61. The van der Waals surface area contributed by atoms with Crippen LogP contribution in [-0.2, 0) is 6.54 Å². The SMILES string of the molecule is Cc1cc(F)c(Br)cc1NCc1ccsc1. The molecule has 2 rings (SSSR count). The predicted molar refractivity (Wildman–Crippen MR) is 70.5 cm³/mol. The normalized spacial score (nSPS) is 10.4. The topological polar surface area (TPSA) is 12.0 Å². The Morgan fingerprint density at radius 2 is 2.25 bits per heavy atom. The summed E-state index contributed by atoms with van der Waals surface area (Å²) in [7, 11) is 0. The third-order valence-corrected chi connectivity index (χ3v) is 3.67. The van der Waals surface area contributed by atoms with Crippen LogP contribution in [0.25, 0.3) is 0 Å². The smallest absolute Gasteiger partial charge is 0.137 e. The van der Waals surface area contributed by atoms with Crippen LogP contribution in [0, 0.1) is 12.7 Å². The third-order valence-electron chi connectivity index (χ3n) is 2.33. The molecule has 84 valence electrons. The second-order valence-corrected chi connectivity index (χ2v) is 5.20. The first-order valence-electron chi connectivity index (χ1n) is 4.87. The van der Waals surface area contributed by atoms with Crippen molar-refractivity contribution < 1.29 is 4.39 Å². The van der Waals surface area contributed by atoms with E-state index in [4.69, 9.17) is 0 Å². The molecule has 0 amide bonds. The second kappa shape index (κ2) is 4.97. The molecule has 0 saturated heterocycles. The Morgan fingerprint density at radius 1 is 1.44 bits per heavy atom. The Morgan fingerprint density at radius 3 is 2.94 bits per heavy atom. The van der Waals surface area contributed by atoms with Gasteiger partial charge in [0.25, 0.3) is 0 Å². The minimum Gasteiger partial charge on any atom is -0.381 e. The van der Waals surface area contributed by atoms with Crippen LogP contribution in [0.1, 0.15) is 11.1 Å². The van der Waals surface area contributed by atoms with Crippen LogP contribution in [0.4, 0.5) is 10.1 Å². The van der Waals surface area contributed by atoms with Gasteiger partial charge in [-0.3, -0.25) is 0 Å². The highest BCUT2D eigenvalue weighted by molar-refractivity contribution is 9.10. The first kappa shape index (κ1) is 11.6. The van der Waals surface area contributed by atoms with Crippen molar-refractivity contribution in [1.29, 1.82) is 0 Å². The highest BCUT2D eigenvalue weighted by atomic mass is 79.9. The van der Waals surface area contributed by atoms with Gasteiger partial charge in [0.05, 0.1) is 4.47 Å². The molecule has 0 atom stereocenters. The first-order chi connectivity index (χ1) is 7.66. The molecule has 0 radical (unpaired) electrons. The molecule has 2 aromatic rings. The highest BCUT2D eigenvalue weighted by Gasteiger charge is 2.04. The Hall–Kier alpha value is -0.870. The molecule has 0 unspecified atom stereocenters. The van der Waals surface area contributed by atoms with Gasteiger partial charge >= 0.3 is 0 Å². The predicted octanol–water partition coefficient (Wildman–Crippen LogP) is 4.57. The number of thiophene rings is 1. The molecule has 0 aliphatic rings. The van der Waals surface area contributed by atoms with Gasteiger partial charge in [0.2, 0.25) is 0 Å². The van der Waals surface area contributed by atoms with Gasteiger partial charge in [-0.25, -0.2) is 4.39 Å². The highest BCUT2D eigenvalue weighted by Crippen LogP contribution is 2.24. The number of aryl methyl sites for hydroxylation is 1. The lowest BCUT2D eigenvalue weighted by atomic mass is 10.2. The molecule has 1 N–H and O–H groups in total. The summed E-state index contributed by atoms with van der Waals surface area (Å²) in [5, 5.41) is 7.44.